The molecule has 0 radical (unpaired) electrons. The number of ether oxygens (including phenoxy) is 1. The normalized spacial score (nSPS) is 27.3. The van der Waals surface area contributed by atoms with E-state index in [1.54, 1.807) is 6.20 Å². The molecular formula is C22H26N2O2. The Labute approximate surface area is 154 Å². The molecule has 1 fully saturated rings. The highest BCUT2D eigenvalue weighted by molar-refractivity contribution is 5.36. The molecule has 2 aliphatic heterocycles. The second-order valence-corrected chi connectivity index (χ2v) is 8.11. The van der Waals surface area contributed by atoms with Gasteiger partial charge in [0.25, 0.3) is 0 Å². The first-order valence-corrected chi connectivity index (χ1v) is 9.80. The van der Waals surface area contributed by atoms with Crippen molar-refractivity contribution in [2.45, 2.75) is 44.0 Å². The van der Waals surface area contributed by atoms with Crippen LogP contribution in [-0.4, -0.2) is 34.6 Å². The Kier molecular flexibility index (Phi) is 4.07. The van der Waals surface area contributed by atoms with Crippen molar-refractivity contribution in [2.75, 3.05) is 19.6 Å². The summed E-state index contributed by atoms with van der Waals surface area (Å²) >= 11 is 0. The number of piperidine rings is 1. The molecule has 1 spiro atoms. The molecule has 0 unspecified atom stereocenters. The van der Waals surface area contributed by atoms with Crippen molar-refractivity contribution in [3.05, 3.63) is 65.0 Å². The number of pyridine rings is 1. The summed E-state index contributed by atoms with van der Waals surface area (Å²) < 4.78 is 6.28. The van der Waals surface area contributed by atoms with Gasteiger partial charge in [-0.25, -0.2) is 0 Å². The minimum atomic E-state index is -0.411. The first kappa shape index (κ1) is 16.4. The zero-order valence-electron chi connectivity index (χ0n) is 15.1. The molecule has 1 aliphatic carbocycles. The van der Waals surface area contributed by atoms with Crippen LogP contribution in [0.25, 0.3) is 0 Å². The summed E-state index contributed by atoms with van der Waals surface area (Å²) in [5.74, 6) is 0.507. The van der Waals surface area contributed by atoms with E-state index in [1.807, 2.05) is 6.07 Å². The highest BCUT2D eigenvalue weighted by Gasteiger charge is 2.42. The van der Waals surface area contributed by atoms with Gasteiger partial charge in [-0.15, -0.1) is 0 Å². The average molecular weight is 350 g/mol. The molecule has 1 aromatic heterocycles. The van der Waals surface area contributed by atoms with Gasteiger partial charge in [0.05, 0.1) is 24.0 Å². The maximum absolute atomic E-state index is 10.4. The molecule has 1 aromatic carbocycles. The van der Waals surface area contributed by atoms with Gasteiger partial charge in [-0.2, -0.15) is 0 Å². The fourth-order valence-corrected chi connectivity index (χ4v) is 5.14. The molecule has 136 valence electrons. The van der Waals surface area contributed by atoms with E-state index >= 15 is 0 Å². The van der Waals surface area contributed by atoms with Gasteiger partial charge in [-0.05, 0) is 54.4 Å². The number of nitrogens with zero attached hydrogens (tertiary/aromatic N) is 2. The van der Waals surface area contributed by atoms with Crippen molar-refractivity contribution in [3.8, 4) is 0 Å². The lowest BCUT2D eigenvalue weighted by Crippen LogP contribution is -2.44. The van der Waals surface area contributed by atoms with Crippen LogP contribution in [0.1, 0.15) is 47.8 Å². The van der Waals surface area contributed by atoms with Crippen LogP contribution < -0.4 is 0 Å². The Hall–Kier alpha value is -1.75. The van der Waals surface area contributed by atoms with Gasteiger partial charge in [0.1, 0.15) is 0 Å². The molecule has 1 N–H and O–H groups in total. The molecule has 3 aliphatic rings. The Bertz CT molecular complexity index is 798. The minimum Gasteiger partial charge on any atom is -0.387 e. The molecule has 2 atom stereocenters. The largest absolute Gasteiger partial charge is 0.387 e. The topological polar surface area (TPSA) is 45.6 Å². The van der Waals surface area contributed by atoms with Crippen LogP contribution in [0.5, 0.6) is 0 Å². The number of rotatable bonds is 2. The predicted octanol–water partition coefficient (Wildman–Crippen LogP) is 3.20. The smallest absolute Gasteiger partial charge is 0.0965 e. The van der Waals surface area contributed by atoms with Crippen LogP contribution >= 0.6 is 0 Å². The van der Waals surface area contributed by atoms with Gasteiger partial charge in [-0.3, -0.25) is 4.98 Å². The fourth-order valence-electron chi connectivity index (χ4n) is 5.14. The Morgan fingerprint density at radius 2 is 1.92 bits per heavy atom. The standard InChI is InChI=1S/C22H26N2O2/c25-20-13-16(12-17-5-3-9-23-21(17)20)14-24-10-7-22(8-11-24)19-6-2-1-4-18(19)15-26-22/h1-6,9,16,20,25H,7-8,10-15H2/t16-,20+/m1/s1. The van der Waals surface area contributed by atoms with E-state index in [-0.39, 0.29) is 5.60 Å². The number of aromatic nitrogens is 1. The molecule has 0 bridgehead atoms. The van der Waals surface area contributed by atoms with Crippen LogP contribution in [0.4, 0.5) is 0 Å². The number of aliphatic hydroxyl groups excluding tert-OH is 1. The lowest BCUT2D eigenvalue weighted by atomic mass is 9.82. The summed E-state index contributed by atoms with van der Waals surface area (Å²) in [6.07, 6.45) is 5.36. The molecule has 1 saturated heterocycles. The van der Waals surface area contributed by atoms with Gasteiger partial charge in [0.15, 0.2) is 0 Å². The number of likely N-dealkylation sites (tertiary alicyclic amines) is 1. The number of fused-ring (bicyclic) bond motifs is 3. The SMILES string of the molecule is O[C@H]1C[C@H](CN2CCC3(CC2)OCc2ccccc23)Cc2cccnc21. The lowest BCUT2D eigenvalue weighted by Gasteiger charge is -2.41. The summed E-state index contributed by atoms with van der Waals surface area (Å²) in [7, 11) is 0. The van der Waals surface area contributed by atoms with Crippen LogP contribution in [0.3, 0.4) is 0 Å². The Balaban J connectivity index is 1.24. The van der Waals surface area contributed by atoms with Crippen LogP contribution in [0, 0.1) is 5.92 Å². The molecule has 0 amide bonds. The van der Waals surface area contributed by atoms with Gasteiger partial charge in [0.2, 0.25) is 0 Å². The highest BCUT2D eigenvalue weighted by Crippen LogP contribution is 2.44. The summed E-state index contributed by atoms with van der Waals surface area (Å²) in [5, 5.41) is 10.4. The van der Waals surface area contributed by atoms with Crippen LogP contribution in [0.15, 0.2) is 42.6 Å². The zero-order valence-corrected chi connectivity index (χ0v) is 15.1. The Morgan fingerprint density at radius 3 is 2.81 bits per heavy atom. The van der Waals surface area contributed by atoms with E-state index in [0.717, 1.165) is 57.6 Å². The average Bonchev–Trinajstić information content (AvgIpc) is 3.03. The highest BCUT2D eigenvalue weighted by atomic mass is 16.5. The third-order valence-corrected chi connectivity index (χ3v) is 6.50. The van der Waals surface area contributed by atoms with Crippen LogP contribution in [-0.2, 0) is 23.4 Å². The van der Waals surface area contributed by atoms with Crippen molar-refractivity contribution in [3.63, 3.8) is 0 Å². The first-order chi connectivity index (χ1) is 12.7. The van der Waals surface area contributed by atoms with Crippen molar-refractivity contribution >= 4 is 0 Å². The quantitative estimate of drug-likeness (QED) is 0.903. The van der Waals surface area contributed by atoms with Gasteiger partial charge in [0, 0.05) is 25.8 Å². The molecule has 2 aromatic rings. The maximum atomic E-state index is 10.4. The fraction of sp³-hybridized carbons (Fsp3) is 0.500. The molecule has 26 heavy (non-hydrogen) atoms. The summed E-state index contributed by atoms with van der Waals surface area (Å²) in [5.41, 5.74) is 4.82. The van der Waals surface area contributed by atoms with E-state index in [9.17, 15) is 5.11 Å². The van der Waals surface area contributed by atoms with Crippen molar-refractivity contribution in [2.24, 2.45) is 5.92 Å². The van der Waals surface area contributed by atoms with Gasteiger partial charge in [-0.1, -0.05) is 30.3 Å². The molecule has 4 nitrogen and oxygen atoms in total. The molecule has 3 heterocycles. The zero-order chi connectivity index (χ0) is 17.6. The summed E-state index contributed by atoms with van der Waals surface area (Å²) in [6.45, 7) is 3.96. The van der Waals surface area contributed by atoms with Gasteiger partial charge < -0.3 is 14.7 Å². The second-order valence-electron chi connectivity index (χ2n) is 8.11. The number of aliphatic hydroxyl groups is 1. The van der Waals surface area contributed by atoms with E-state index in [2.05, 4.69) is 40.2 Å². The lowest BCUT2D eigenvalue weighted by molar-refractivity contribution is -0.0810. The first-order valence-electron chi connectivity index (χ1n) is 9.80. The third-order valence-electron chi connectivity index (χ3n) is 6.50. The van der Waals surface area contributed by atoms with E-state index in [0.29, 0.717) is 5.92 Å². The van der Waals surface area contributed by atoms with Gasteiger partial charge >= 0.3 is 0 Å². The van der Waals surface area contributed by atoms with Crippen molar-refractivity contribution < 1.29 is 9.84 Å². The molecule has 5 rings (SSSR count). The monoisotopic (exact) mass is 350 g/mol. The summed E-state index contributed by atoms with van der Waals surface area (Å²) in [6, 6.07) is 12.8. The second kappa shape index (κ2) is 6.45. The number of benzene rings is 1. The van der Waals surface area contributed by atoms with E-state index < -0.39 is 6.10 Å². The summed E-state index contributed by atoms with van der Waals surface area (Å²) in [4.78, 5) is 6.93. The maximum Gasteiger partial charge on any atom is 0.0965 e. The van der Waals surface area contributed by atoms with E-state index in [1.165, 1.54) is 16.7 Å². The predicted molar refractivity (Wildman–Crippen MR) is 99.6 cm³/mol. The minimum absolute atomic E-state index is 0.0598. The van der Waals surface area contributed by atoms with Crippen molar-refractivity contribution in [1.29, 1.82) is 0 Å². The number of hydrogen-bond acceptors (Lipinski definition) is 4. The molecule has 0 saturated carbocycles. The molecular weight excluding hydrogens is 324 g/mol. The third kappa shape index (κ3) is 2.77. The van der Waals surface area contributed by atoms with Crippen LogP contribution in [0.2, 0.25) is 0 Å². The van der Waals surface area contributed by atoms with E-state index in [4.69, 9.17) is 4.74 Å². The Morgan fingerprint density at radius 1 is 1.12 bits per heavy atom. The molecule has 4 heteroatoms. The number of hydrogen-bond donors (Lipinski definition) is 1. The van der Waals surface area contributed by atoms with Crippen molar-refractivity contribution in [1.82, 2.24) is 9.88 Å².